The zero-order valence-electron chi connectivity index (χ0n) is 14.2. The summed E-state index contributed by atoms with van der Waals surface area (Å²) >= 11 is 0. The Morgan fingerprint density at radius 1 is 1.17 bits per heavy atom. The molecule has 2 N–H and O–H groups in total. The van der Waals surface area contributed by atoms with E-state index in [0.29, 0.717) is 16.8 Å². The van der Waals surface area contributed by atoms with Crippen LogP contribution < -0.4 is 5.32 Å². The molecule has 0 atom stereocenters. The van der Waals surface area contributed by atoms with Gasteiger partial charge in [0.1, 0.15) is 11.3 Å². The number of phenols is 1. The van der Waals surface area contributed by atoms with Crippen LogP contribution >= 0.6 is 0 Å². The van der Waals surface area contributed by atoms with Gasteiger partial charge in [0, 0.05) is 23.0 Å². The molecule has 1 amide bonds. The summed E-state index contributed by atoms with van der Waals surface area (Å²) in [7, 11) is 0. The Balaban J connectivity index is 1.88. The van der Waals surface area contributed by atoms with E-state index >= 15 is 0 Å². The third-order valence-electron chi connectivity index (χ3n) is 3.80. The molecule has 124 valence electrons. The van der Waals surface area contributed by atoms with Crippen molar-refractivity contribution in [1.29, 1.82) is 0 Å². The monoisotopic (exact) mass is 324 g/mol. The van der Waals surface area contributed by atoms with Gasteiger partial charge in [-0.25, -0.2) is 4.98 Å². The molecule has 5 heteroatoms. The molecule has 0 spiro atoms. The van der Waals surface area contributed by atoms with Crippen LogP contribution in [0.5, 0.6) is 5.75 Å². The second-order valence-electron chi connectivity index (χ2n) is 6.88. The van der Waals surface area contributed by atoms with Crippen molar-refractivity contribution in [1.82, 2.24) is 4.98 Å². The van der Waals surface area contributed by atoms with E-state index in [1.54, 1.807) is 30.3 Å². The second kappa shape index (κ2) is 5.67. The standard InChI is InChI=1S/C19H20N2O3/c1-11-5-8-16-14(20-11)10-17(24-16)18(23)21-12-6-7-15(22)13(9-12)19(2,3)4/h5-10,22H,1-4H3,(H,21,23). The molecule has 3 rings (SSSR count). The number of carbonyl (C=O) groups excluding carboxylic acids is 1. The van der Waals surface area contributed by atoms with Crippen LogP contribution in [0.1, 0.15) is 42.6 Å². The molecule has 0 fully saturated rings. The van der Waals surface area contributed by atoms with Crippen molar-refractivity contribution >= 4 is 22.7 Å². The molecule has 0 bridgehead atoms. The van der Waals surface area contributed by atoms with Gasteiger partial charge in [-0.3, -0.25) is 4.79 Å². The number of phenolic OH excluding ortho intramolecular Hbond substituents is 1. The topological polar surface area (TPSA) is 75.4 Å². The summed E-state index contributed by atoms with van der Waals surface area (Å²) in [5, 5.41) is 12.8. The van der Waals surface area contributed by atoms with Gasteiger partial charge in [-0.15, -0.1) is 0 Å². The first kappa shape index (κ1) is 16.1. The number of benzene rings is 1. The molecule has 0 radical (unpaired) electrons. The number of aromatic hydroxyl groups is 1. The van der Waals surface area contributed by atoms with E-state index in [9.17, 15) is 9.90 Å². The summed E-state index contributed by atoms with van der Waals surface area (Å²) in [4.78, 5) is 16.8. The first-order chi connectivity index (χ1) is 11.2. The predicted octanol–water partition coefficient (Wildman–Crippen LogP) is 4.39. The zero-order chi connectivity index (χ0) is 17.5. The number of hydrogen-bond acceptors (Lipinski definition) is 4. The molecule has 1 aromatic carbocycles. The molecule has 0 aliphatic rings. The first-order valence-electron chi connectivity index (χ1n) is 7.76. The number of aryl methyl sites for hydroxylation is 1. The lowest BCUT2D eigenvalue weighted by Gasteiger charge is -2.21. The van der Waals surface area contributed by atoms with Crippen LogP contribution in [-0.2, 0) is 5.41 Å². The van der Waals surface area contributed by atoms with Gasteiger partial charge in [-0.2, -0.15) is 0 Å². The number of amides is 1. The Bertz CT molecular complexity index is 920. The number of hydrogen-bond donors (Lipinski definition) is 2. The molecule has 2 heterocycles. The lowest BCUT2D eigenvalue weighted by Crippen LogP contribution is -2.14. The van der Waals surface area contributed by atoms with E-state index in [2.05, 4.69) is 10.3 Å². The molecule has 24 heavy (non-hydrogen) atoms. The minimum Gasteiger partial charge on any atom is -0.508 e. The Morgan fingerprint density at radius 3 is 2.62 bits per heavy atom. The Hall–Kier alpha value is -2.82. The molecule has 0 unspecified atom stereocenters. The Morgan fingerprint density at radius 2 is 1.92 bits per heavy atom. The molecule has 0 saturated heterocycles. The quantitative estimate of drug-likeness (QED) is 0.685. The van der Waals surface area contributed by atoms with Crippen LogP contribution in [0, 0.1) is 6.92 Å². The van der Waals surface area contributed by atoms with Crippen LogP contribution in [-0.4, -0.2) is 16.0 Å². The molecule has 3 aromatic rings. The maximum atomic E-state index is 12.4. The van der Waals surface area contributed by atoms with E-state index in [1.165, 1.54) is 0 Å². The van der Waals surface area contributed by atoms with Crippen LogP contribution in [0.25, 0.3) is 11.1 Å². The predicted molar refractivity (Wildman–Crippen MR) is 93.5 cm³/mol. The molecule has 2 aromatic heterocycles. The maximum Gasteiger partial charge on any atom is 0.291 e. The van der Waals surface area contributed by atoms with Crippen LogP contribution in [0.4, 0.5) is 5.69 Å². The normalized spacial score (nSPS) is 11.7. The van der Waals surface area contributed by atoms with E-state index in [4.69, 9.17) is 4.42 Å². The van der Waals surface area contributed by atoms with Crippen molar-refractivity contribution in [2.75, 3.05) is 5.32 Å². The number of nitrogens with one attached hydrogen (secondary N) is 1. The van der Waals surface area contributed by atoms with Gasteiger partial charge < -0.3 is 14.8 Å². The number of furan rings is 1. The van der Waals surface area contributed by atoms with Crippen molar-refractivity contribution < 1.29 is 14.3 Å². The highest BCUT2D eigenvalue weighted by Crippen LogP contribution is 2.32. The number of pyridine rings is 1. The van der Waals surface area contributed by atoms with Gasteiger partial charge in [0.25, 0.3) is 5.91 Å². The molecule has 0 aliphatic carbocycles. The number of anilines is 1. The fourth-order valence-corrected chi connectivity index (χ4v) is 2.54. The van der Waals surface area contributed by atoms with Crippen molar-refractivity contribution in [3.05, 3.63) is 53.4 Å². The molecule has 0 saturated carbocycles. The molecule has 5 nitrogen and oxygen atoms in total. The third kappa shape index (κ3) is 3.11. The van der Waals surface area contributed by atoms with Crippen molar-refractivity contribution in [2.45, 2.75) is 33.1 Å². The molecule has 0 aliphatic heterocycles. The lowest BCUT2D eigenvalue weighted by molar-refractivity contribution is 0.0998. The smallest absolute Gasteiger partial charge is 0.291 e. The molecular formula is C19H20N2O3. The fraction of sp³-hybridized carbons (Fsp3) is 0.263. The summed E-state index contributed by atoms with van der Waals surface area (Å²) in [6.07, 6.45) is 0. The third-order valence-corrected chi connectivity index (χ3v) is 3.80. The molecular weight excluding hydrogens is 304 g/mol. The highest BCUT2D eigenvalue weighted by Gasteiger charge is 2.20. The van der Waals surface area contributed by atoms with Gasteiger partial charge in [-0.1, -0.05) is 20.8 Å². The average Bonchev–Trinajstić information content (AvgIpc) is 2.91. The summed E-state index contributed by atoms with van der Waals surface area (Å²) in [6, 6.07) is 10.3. The van der Waals surface area contributed by atoms with Gasteiger partial charge in [-0.05, 0) is 42.7 Å². The Labute approximate surface area is 140 Å². The average molecular weight is 324 g/mol. The van der Waals surface area contributed by atoms with E-state index in [0.717, 1.165) is 11.3 Å². The van der Waals surface area contributed by atoms with Crippen LogP contribution in [0.3, 0.4) is 0 Å². The largest absolute Gasteiger partial charge is 0.508 e. The lowest BCUT2D eigenvalue weighted by atomic mass is 9.86. The van der Waals surface area contributed by atoms with Gasteiger partial charge in [0.05, 0.1) is 0 Å². The van der Waals surface area contributed by atoms with Gasteiger partial charge in [0.15, 0.2) is 11.3 Å². The van der Waals surface area contributed by atoms with Crippen molar-refractivity contribution in [3.8, 4) is 5.75 Å². The fourth-order valence-electron chi connectivity index (χ4n) is 2.54. The maximum absolute atomic E-state index is 12.4. The number of nitrogens with zero attached hydrogens (tertiary/aromatic N) is 1. The highest BCUT2D eigenvalue weighted by atomic mass is 16.3. The zero-order valence-corrected chi connectivity index (χ0v) is 14.2. The number of fused-ring (bicyclic) bond motifs is 1. The van der Waals surface area contributed by atoms with E-state index in [1.807, 2.05) is 33.8 Å². The number of carbonyl (C=O) groups is 1. The van der Waals surface area contributed by atoms with E-state index < -0.39 is 0 Å². The second-order valence-corrected chi connectivity index (χ2v) is 6.88. The number of aromatic nitrogens is 1. The Kier molecular flexibility index (Phi) is 3.79. The summed E-state index contributed by atoms with van der Waals surface area (Å²) in [6.45, 7) is 7.89. The summed E-state index contributed by atoms with van der Waals surface area (Å²) in [5.41, 5.74) is 3.23. The first-order valence-corrected chi connectivity index (χ1v) is 7.76. The summed E-state index contributed by atoms with van der Waals surface area (Å²) < 4.78 is 5.55. The van der Waals surface area contributed by atoms with Crippen LogP contribution in [0.15, 0.2) is 40.8 Å². The van der Waals surface area contributed by atoms with Gasteiger partial charge >= 0.3 is 0 Å². The SMILES string of the molecule is Cc1ccc2oc(C(=O)Nc3ccc(O)c(C(C)(C)C)c3)cc2n1. The highest BCUT2D eigenvalue weighted by molar-refractivity contribution is 6.04. The van der Waals surface area contributed by atoms with Crippen LogP contribution in [0.2, 0.25) is 0 Å². The minimum absolute atomic E-state index is 0.202. The number of rotatable bonds is 2. The minimum atomic E-state index is -0.351. The van der Waals surface area contributed by atoms with Crippen molar-refractivity contribution in [2.24, 2.45) is 0 Å². The van der Waals surface area contributed by atoms with Crippen molar-refractivity contribution in [3.63, 3.8) is 0 Å². The van der Waals surface area contributed by atoms with Gasteiger partial charge in [0.2, 0.25) is 0 Å². The summed E-state index contributed by atoms with van der Waals surface area (Å²) in [5.74, 6) is 0.0635. The van der Waals surface area contributed by atoms with E-state index in [-0.39, 0.29) is 22.8 Å².